The quantitative estimate of drug-likeness (QED) is 0.837. The van der Waals surface area contributed by atoms with Crippen molar-refractivity contribution in [3.8, 4) is 5.69 Å². The van der Waals surface area contributed by atoms with Crippen molar-refractivity contribution in [1.29, 1.82) is 0 Å². The van der Waals surface area contributed by atoms with Gasteiger partial charge in [0.15, 0.2) is 0 Å². The number of aromatic nitrogens is 2. The van der Waals surface area contributed by atoms with E-state index in [0.29, 0.717) is 22.8 Å². The van der Waals surface area contributed by atoms with Crippen molar-refractivity contribution in [1.82, 2.24) is 9.78 Å². The first-order valence-corrected chi connectivity index (χ1v) is 7.62. The van der Waals surface area contributed by atoms with Gasteiger partial charge in [0.25, 0.3) is 0 Å². The number of carbonyl (C=O) groups excluding carboxylic acids is 1. The van der Waals surface area contributed by atoms with Gasteiger partial charge in [0.1, 0.15) is 5.60 Å². The molecule has 0 bridgehead atoms. The number of aryl methyl sites for hydroxylation is 1. The number of ether oxygens (including phenoxy) is 1. The highest BCUT2D eigenvalue weighted by molar-refractivity contribution is 5.86. The Hall–Kier alpha value is -2.51. The lowest BCUT2D eigenvalue weighted by atomic mass is 10.2. The highest BCUT2D eigenvalue weighted by Crippen LogP contribution is 2.30. The third kappa shape index (κ3) is 4.52. The molecule has 1 aromatic carbocycles. The van der Waals surface area contributed by atoms with E-state index in [1.165, 1.54) is 16.8 Å². The minimum absolute atomic E-state index is 0.464. The Kier molecular flexibility index (Phi) is 4.83. The van der Waals surface area contributed by atoms with Gasteiger partial charge in [-0.05, 0) is 58.9 Å². The molecule has 2 aromatic rings. The molecule has 136 valence electrons. The summed E-state index contributed by atoms with van der Waals surface area (Å²) >= 11 is 0. The Bertz CT molecular complexity index is 772. The van der Waals surface area contributed by atoms with Gasteiger partial charge in [0.05, 0.1) is 28.3 Å². The zero-order chi connectivity index (χ0) is 19.0. The number of rotatable bonds is 2. The predicted octanol–water partition coefficient (Wildman–Crippen LogP) is 4.85. The van der Waals surface area contributed by atoms with E-state index in [1.54, 1.807) is 34.6 Å². The molecule has 5 nitrogen and oxygen atoms in total. The maximum Gasteiger partial charge on any atom is 0.416 e. The van der Waals surface area contributed by atoms with Gasteiger partial charge in [-0.25, -0.2) is 9.48 Å². The molecular formula is C17H20F3N3O2. The number of nitrogens with zero attached hydrogens (tertiary/aromatic N) is 2. The third-order valence-corrected chi connectivity index (χ3v) is 3.36. The zero-order valence-electron chi connectivity index (χ0n) is 14.7. The molecule has 0 fully saturated rings. The molecule has 0 saturated heterocycles. The van der Waals surface area contributed by atoms with Crippen LogP contribution in [-0.4, -0.2) is 21.5 Å². The fourth-order valence-electron chi connectivity index (χ4n) is 2.27. The molecule has 1 amide bonds. The minimum Gasteiger partial charge on any atom is -0.444 e. The second-order valence-electron chi connectivity index (χ2n) is 6.63. The number of anilines is 1. The third-order valence-electron chi connectivity index (χ3n) is 3.36. The Morgan fingerprint density at radius 1 is 1.12 bits per heavy atom. The summed E-state index contributed by atoms with van der Waals surface area (Å²) in [6, 6.07) is 4.65. The van der Waals surface area contributed by atoms with Crippen LogP contribution in [-0.2, 0) is 10.9 Å². The van der Waals surface area contributed by atoms with Gasteiger partial charge in [-0.3, -0.25) is 5.32 Å². The summed E-state index contributed by atoms with van der Waals surface area (Å²) in [5, 5.41) is 6.92. The number of nitrogens with one attached hydrogen (secondary N) is 1. The maximum absolute atomic E-state index is 12.7. The SMILES string of the molecule is Cc1nn(-c2ccc(C(F)(F)F)cc2)c(C)c1NC(=O)OC(C)(C)C. The van der Waals surface area contributed by atoms with E-state index < -0.39 is 23.4 Å². The van der Waals surface area contributed by atoms with Crippen molar-refractivity contribution < 1.29 is 22.7 Å². The van der Waals surface area contributed by atoms with E-state index in [0.717, 1.165) is 12.1 Å². The van der Waals surface area contributed by atoms with Gasteiger partial charge in [0.2, 0.25) is 0 Å². The number of alkyl halides is 3. The molecule has 1 N–H and O–H groups in total. The summed E-state index contributed by atoms with van der Waals surface area (Å²) in [6.07, 6.45) is -5.01. The van der Waals surface area contributed by atoms with Gasteiger partial charge in [-0.1, -0.05) is 0 Å². The Morgan fingerprint density at radius 3 is 2.16 bits per heavy atom. The maximum atomic E-state index is 12.7. The Morgan fingerprint density at radius 2 is 1.68 bits per heavy atom. The molecule has 0 aliphatic heterocycles. The number of hydrogen-bond donors (Lipinski definition) is 1. The lowest BCUT2D eigenvalue weighted by molar-refractivity contribution is -0.137. The van der Waals surface area contributed by atoms with Crippen molar-refractivity contribution in [2.75, 3.05) is 5.32 Å². The average molecular weight is 355 g/mol. The van der Waals surface area contributed by atoms with Gasteiger partial charge >= 0.3 is 12.3 Å². The summed E-state index contributed by atoms with van der Waals surface area (Å²) in [4.78, 5) is 11.9. The molecule has 0 saturated carbocycles. The van der Waals surface area contributed by atoms with Crippen molar-refractivity contribution >= 4 is 11.8 Å². The minimum atomic E-state index is -4.39. The number of carbonyl (C=O) groups is 1. The normalized spacial score (nSPS) is 12.2. The fourth-order valence-corrected chi connectivity index (χ4v) is 2.27. The van der Waals surface area contributed by atoms with Crippen LogP contribution in [0.15, 0.2) is 24.3 Å². The largest absolute Gasteiger partial charge is 0.444 e. The van der Waals surface area contributed by atoms with Crippen molar-refractivity contribution in [3.63, 3.8) is 0 Å². The van der Waals surface area contributed by atoms with Gasteiger partial charge < -0.3 is 4.74 Å². The molecule has 0 aliphatic carbocycles. The van der Waals surface area contributed by atoms with E-state index in [9.17, 15) is 18.0 Å². The number of hydrogen-bond acceptors (Lipinski definition) is 3. The van der Waals surface area contributed by atoms with Crippen LogP contribution in [0.25, 0.3) is 5.69 Å². The van der Waals surface area contributed by atoms with Gasteiger partial charge in [0, 0.05) is 0 Å². The van der Waals surface area contributed by atoms with Crippen LogP contribution in [0.4, 0.5) is 23.7 Å². The molecule has 2 rings (SSSR count). The van der Waals surface area contributed by atoms with Crippen LogP contribution in [0.3, 0.4) is 0 Å². The van der Waals surface area contributed by atoms with Gasteiger partial charge in [-0.2, -0.15) is 18.3 Å². The molecule has 0 aliphatic rings. The first-order chi connectivity index (χ1) is 11.4. The van der Waals surface area contributed by atoms with Crippen molar-refractivity contribution in [3.05, 3.63) is 41.2 Å². The van der Waals surface area contributed by atoms with E-state index in [2.05, 4.69) is 10.4 Å². The molecule has 1 heterocycles. The Labute approximate surface area is 143 Å². The predicted molar refractivity (Wildman–Crippen MR) is 87.9 cm³/mol. The number of halogens is 3. The Balaban J connectivity index is 2.29. The van der Waals surface area contributed by atoms with E-state index in [1.807, 2.05) is 0 Å². The van der Waals surface area contributed by atoms with Crippen LogP contribution < -0.4 is 5.32 Å². The van der Waals surface area contributed by atoms with Crippen molar-refractivity contribution in [2.24, 2.45) is 0 Å². The summed E-state index contributed by atoms with van der Waals surface area (Å²) in [5.41, 5.74) is 0.672. The molecule has 8 heteroatoms. The molecule has 0 radical (unpaired) electrons. The second-order valence-corrected chi connectivity index (χ2v) is 6.63. The summed E-state index contributed by atoms with van der Waals surface area (Å²) in [6.45, 7) is 8.65. The number of amides is 1. The van der Waals surface area contributed by atoms with Crippen LogP contribution >= 0.6 is 0 Å². The first kappa shape index (κ1) is 18.8. The van der Waals surface area contributed by atoms with E-state index >= 15 is 0 Å². The van der Waals surface area contributed by atoms with Gasteiger partial charge in [-0.15, -0.1) is 0 Å². The van der Waals surface area contributed by atoms with E-state index in [-0.39, 0.29) is 0 Å². The molecule has 1 aromatic heterocycles. The molecular weight excluding hydrogens is 335 g/mol. The first-order valence-electron chi connectivity index (χ1n) is 7.62. The lowest BCUT2D eigenvalue weighted by Crippen LogP contribution is -2.27. The molecule has 0 spiro atoms. The zero-order valence-corrected chi connectivity index (χ0v) is 14.7. The molecule has 25 heavy (non-hydrogen) atoms. The monoisotopic (exact) mass is 355 g/mol. The summed E-state index contributed by atoms with van der Waals surface area (Å²) in [7, 11) is 0. The van der Waals surface area contributed by atoms with E-state index in [4.69, 9.17) is 4.74 Å². The standard InChI is InChI=1S/C17H20F3N3O2/c1-10-14(21-15(24)25-16(3,4)5)11(2)23(22-10)13-8-6-12(7-9-13)17(18,19)20/h6-9H,1-5H3,(H,21,24). The van der Waals surface area contributed by atoms with Crippen LogP contribution in [0.1, 0.15) is 37.7 Å². The summed E-state index contributed by atoms with van der Waals surface area (Å²) in [5.74, 6) is 0. The molecule has 0 atom stereocenters. The molecule has 0 unspecified atom stereocenters. The highest BCUT2D eigenvalue weighted by atomic mass is 19.4. The van der Waals surface area contributed by atoms with Crippen LogP contribution in [0.2, 0.25) is 0 Å². The van der Waals surface area contributed by atoms with Crippen LogP contribution in [0, 0.1) is 13.8 Å². The summed E-state index contributed by atoms with van der Waals surface area (Å²) < 4.78 is 44.7. The number of benzene rings is 1. The highest BCUT2D eigenvalue weighted by Gasteiger charge is 2.30. The topological polar surface area (TPSA) is 56.2 Å². The smallest absolute Gasteiger partial charge is 0.416 e. The second kappa shape index (κ2) is 6.42. The average Bonchev–Trinajstić information content (AvgIpc) is 2.73. The van der Waals surface area contributed by atoms with Crippen LogP contribution in [0.5, 0.6) is 0 Å². The lowest BCUT2D eigenvalue weighted by Gasteiger charge is -2.19. The van der Waals surface area contributed by atoms with Crippen molar-refractivity contribution in [2.45, 2.75) is 46.4 Å². The fraction of sp³-hybridized carbons (Fsp3) is 0.412.